The van der Waals surface area contributed by atoms with Gasteiger partial charge in [-0.15, -0.1) is 0 Å². The van der Waals surface area contributed by atoms with Crippen LogP contribution >= 0.6 is 11.6 Å². The number of halogens is 4. The minimum atomic E-state index is -4.78. The van der Waals surface area contributed by atoms with E-state index in [0.29, 0.717) is 11.8 Å². The second-order valence-electron chi connectivity index (χ2n) is 5.40. The van der Waals surface area contributed by atoms with Gasteiger partial charge >= 0.3 is 6.18 Å². The SMILES string of the molecule is O=[N+]([O-])c1cc(C(F)(F)F)c(Cl)cc1N1CCOC(c2ccco2)C1. The number of nitro groups is 1. The number of nitrogens with zero attached hydrogens (tertiary/aromatic N) is 2. The van der Waals surface area contributed by atoms with Gasteiger partial charge in [-0.1, -0.05) is 11.6 Å². The third-order valence-electron chi connectivity index (χ3n) is 3.83. The summed E-state index contributed by atoms with van der Waals surface area (Å²) in [5, 5.41) is 10.7. The zero-order chi connectivity index (χ0) is 18.2. The zero-order valence-electron chi connectivity index (χ0n) is 12.6. The Balaban J connectivity index is 1.98. The summed E-state index contributed by atoms with van der Waals surface area (Å²) in [6, 6.07) is 4.82. The van der Waals surface area contributed by atoms with Crippen molar-refractivity contribution in [2.24, 2.45) is 0 Å². The molecule has 0 radical (unpaired) electrons. The lowest BCUT2D eigenvalue weighted by Gasteiger charge is -2.33. The van der Waals surface area contributed by atoms with Crippen molar-refractivity contribution in [1.82, 2.24) is 0 Å². The van der Waals surface area contributed by atoms with Gasteiger partial charge in [0.2, 0.25) is 0 Å². The first-order valence-corrected chi connectivity index (χ1v) is 7.60. The molecule has 1 aromatic carbocycles. The van der Waals surface area contributed by atoms with Crippen LogP contribution < -0.4 is 4.90 Å². The van der Waals surface area contributed by atoms with Gasteiger partial charge in [-0.3, -0.25) is 10.1 Å². The van der Waals surface area contributed by atoms with Crippen LogP contribution in [-0.4, -0.2) is 24.6 Å². The van der Waals surface area contributed by atoms with Crippen molar-refractivity contribution in [3.05, 3.63) is 57.0 Å². The number of ether oxygens (including phenoxy) is 1. The van der Waals surface area contributed by atoms with E-state index in [-0.39, 0.29) is 25.4 Å². The summed E-state index contributed by atoms with van der Waals surface area (Å²) in [5.74, 6) is 0.533. The average Bonchev–Trinajstić information content (AvgIpc) is 3.07. The van der Waals surface area contributed by atoms with Gasteiger partial charge in [0.15, 0.2) is 0 Å². The number of hydrogen-bond donors (Lipinski definition) is 0. The summed E-state index contributed by atoms with van der Waals surface area (Å²) in [7, 11) is 0. The van der Waals surface area contributed by atoms with Crippen molar-refractivity contribution in [1.29, 1.82) is 0 Å². The molecule has 1 atom stereocenters. The summed E-state index contributed by atoms with van der Waals surface area (Å²) in [6.45, 7) is 0.705. The zero-order valence-corrected chi connectivity index (χ0v) is 13.4. The van der Waals surface area contributed by atoms with Crippen LogP contribution in [0.2, 0.25) is 5.02 Å². The van der Waals surface area contributed by atoms with Gasteiger partial charge in [0.1, 0.15) is 17.6 Å². The molecule has 1 aromatic heterocycles. The van der Waals surface area contributed by atoms with Crippen molar-refractivity contribution >= 4 is 23.0 Å². The largest absolute Gasteiger partial charge is 0.467 e. The molecule has 2 aromatic rings. The lowest BCUT2D eigenvalue weighted by Crippen LogP contribution is -2.38. The van der Waals surface area contributed by atoms with Crippen molar-refractivity contribution in [2.45, 2.75) is 12.3 Å². The van der Waals surface area contributed by atoms with Crippen molar-refractivity contribution in [3.8, 4) is 0 Å². The van der Waals surface area contributed by atoms with Crippen molar-refractivity contribution in [2.75, 3.05) is 24.6 Å². The average molecular weight is 377 g/mol. The molecule has 10 heteroatoms. The fourth-order valence-electron chi connectivity index (χ4n) is 2.68. The quantitative estimate of drug-likeness (QED) is 0.585. The molecule has 6 nitrogen and oxygen atoms in total. The van der Waals surface area contributed by atoms with Crippen LogP contribution in [0.25, 0.3) is 0 Å². The molecule has 134 valence electrons. The van der Waals surface area contributed by atoms with Gasteiger partial charge in [0.25, 0.3) is 5.69 Å². The molecule has 0 spiro atoms. The summed E-state index contributed by atoms with van der Waals surface area (Å²) in [4.78, 5) is 12.0. The Morgan fingerprint density at radius 2 is 2.12 bits per heavy atom. The number of rotatable bonds is 3. The molecule has 0 N–H and O–H groups in total. The second kappa shape index (κ2) is 6.57. The number of alkyl halides is 3. The van der Waals surface area contributed by atoms with Crippen molar-refractivity contribution in [3.63, 3.8) is 0 Å². The van der Waals surface area contributed by atoms with Gasteiger partial charge in [0, 0.05) is 12.6 Å². The highest BCUT2D eigenvalue weighted by Gasteiger charge is 2.37. The third kappa shape index (κ3) is 3.57. The fourth-order valence-corrected chi connectivity index (χ4v) is 2.95. The molecular formula is C15H12ClF3N2O4. The molecule has 1 aliphatic rings. The first-order chi connectivity index (χ1) is 11.8. The van der Waals surface area contributed by atoms with E-state index >= 15 is 0 Å². The Labute approximate surface area is 144 Å². The minimum absolute atomic E-state index is 0.0165. The van der Waals surface area contributed by atoms with Crippen LogP contribution in [-0.2, 0) is 10.9 Å². The first kappa shape index (κ1) is 17.6. The van der Waals surface area contributed by atoms with E-state index in [9.17, 15) is 23.3 Å². The number of morpholine rings is 1. The van der Waals surface area contributed by atoms with E-state index in [4.69, 9.17) is 20.8 Å². The van der Waals surface area contributed by atoms with E-state index in [2.05, 4.69) is 0 Å². The molecular weight excluding hydrogens is 365 g/mol. The third-order valence-corrected chi connectivity index (χ3v) is 4.15. The highest BCUT2D eigenvalue weighted by atomic mass is 35.5. The van der Waals surface area contributed by atoms with Gasteiger partial charge in [-0.2, -0.15) is 13.2 Å². The van der Waals surface area contributed by atoms with Gasteiger partial charge < -0.3 is 14.1 Å². The number of hydrogen-bond acceptors (Lipinski definition) is 5. The van der Waals surface area contributed by atoms with E-state index in [1.807, 2.05) is 0 Å². The van der Waals surface area contributed by atoms with Gasteiger partial charge in [-0.25, -0.2) is 0 Å². The Bertz CT molecular complexity index is 780. The molecule has 1 aliphatic heterocycles. The summed E-state index contributed by atoms with van der Waals surface area (Å²) < 4.78 is 49.7. The highest BCUT2D eigenvalue weighted by molar-refractivity contribution is 6.31. The normalized spacial score (nSPS) is 18.4. The molecule has 3 rings (SSSR count). The first-order valence-electron chi connectivity index (χ1n) is 7.22. The van der Waals surface area contributed by atoms with Gasteiger partial charge in [0.05, 0.1) is 34.9 Å². The molecule has 0 saturated carbocycles. The topological polar surface area (TPSA) is 68.8 Å². The van der Waals surface area contributed by atoms with Crippen LogP contribution in [0.5, 0.6) is 0 Å². The van der Waals surface area contributed by atoms with Crippen LogP contribution in [0.4, 0.5) is 24.5 Å². The maximum Gasteiger partial charge on any atom is 0.418 e. The number of nitro benzene ring substituents is 1. The number of benzene rings is 1. The smallest absolute Gasteiger partial charge is 0.418 e. The predicted octanol–water partition coefficient (Wildman–Crippen LogP) is 4.44. The maximum absolute atomic E-state index is 13.0. The Kier molecular flexibility index (Phi) is 4.61. The number of furan rings is 1. The lowest BCUT2D eigenvalue weighted by molar-refractivity contribution is -0.384. The lowest BCUT2D eigenvalue weighted by atomic mass is 10.1. The number of anilines is 1. The molecule has 0 aliphatic carbocycles. The fraction of sp³-hybridized carbons (Fsp3) is 0.333. The highest BCUT2D eigenvalue weighted by Crippen LogP contribution is 2.42. The van der Waals surface area contributed by atoms with E-state index in [1.54, 1.807) is 17.0 Å². The molecule has 0 bridgehead atoms. The van der Waals surface area contributed by atoms with E-state index in [0.717, 1.165) is 6.07 Å². The van der Waals surface area contributed by atoms with E-state index in [1.165, 1.54) is 6.26 Å². The standard InChI is InChI=1S/C15H12ClF3N2O4/c16-10-7-11(12(21(22)23)6-9(10)15(17,18)19)20-3-5-25-14(8-20)13-2-1-4-24-13/h1-2,4,6-7,14H,3,5,8H2. The maximum atomic E-state index is 13.0. The summed E-state index contributed by atoms with van der Waals surface area (Å²) >= 11 is 5.73. The van der Waals surface area contributed by atoms with Crippen LogP contribution in [0, 0.1) is 10.1 Å². The Hall–Kier alpha value is -2.26. The molecule has 1 unspecified atom stereocenters. The molecule has 1 fully saturated rings. The Morgan fingerprint density at radius 3 is 2.72 bits per heavy atom. The predicted molar refractivity (Wildman–Crippen MR) is 82.7 cm³/mol. The molecule has 1 saturated heterocycles. The van der Waals surface area contributed by atoms with Crippen LogP contribution in [0.15, 0.2) is 34.9 Å². The van der Waals surface area contributed by atoms with Crippen molar-refractivity contribution < 1.29 is 27.2 Å². The van der Waals surface area contributed by atoms with Crippen LogP contribution in [0.3, 0.4) is 0 Å². The minimum Gasteiger partial charge on any atom is -0.467 e. The molecule has 25 heavy (non-hydrogen) atoms. The summed E-state index contributed by atoms with van der Waals surface area (Å²) in [5.41, 5.74) is -1.87. The van der Waals surface area contributed by atoms with Crippen LogP contribution in [0.1, 0.15) is 17.4 Å². The Morgan fingerprint density at radius 1 is 1.36 bits per heavy atom. The van der Waals surface area contributed by atoms with E-state index < -0.39 is 33.5 Å². The molecule has 0 amide bonds. The summed E-state index contributed by atoms with van der Waals surface area (Å²) in [6.07, 6.45) is -3.79. The van der Waals surface area contributed by atoms with Gasteiger partial charge in [-0.05, 0) is 18.2 Å². The second-order valence-corrected chi connectivity index (χ2v) is 5.80. The molecule has 2 heterocycles. The monoisotopic (exact) mass is 376 g/mol.